The van der Waals surface area contributed by atoms with Gasteiger partial charge in [0.1, 0.15) is 0 Å². The maximum absolute atomic E-state index is 13.4. The fourth-order valence-electron chi connectivity index (χ4n) is 1.62. The van der Waals surface area contributed by atoms with Crippen LogP contribution in [0.25, 0.3) is 0 Å². The Morgan fingerprint density at radius 2 is 0.630 bits per heavy atom. The molecule has 0 N–H and O–H groups in total. The summed E-state index contributed by atoms with van der Waals surface area (Å²) < 4.78 is 215. The second-order valence-corrected chi connectivity index (χ2v) is 5.02. The standard InChI is InChI=1S/C10H5F17/c1-2-3(11,9(22,23)24)4(12,13)5(14,15)6(16,17)7(18,19)8(20,21)10(25,26)27/h2H2,1H3. The summed E-state index contributed by atoms with van der Waals surface area (Å²) >= 11 is 0. The summed E-state index contributed by atoms with van der Waals surface area (Å²) in [6.45, 7) is -0.280. The Hall–Kier alpha value is -1.19. The third kappa shape index (κ3) is 3.07. The summed E-state index contributed by atoms with van der Waals surface area (Å²) in [4.78, 5) is 0. The number of hydrogen-bond acceptors (Lipinski definition) is 0. The van der Waals surface area contributed by atoms with Crippen LogP contribution in [0.3, 0.4) is 0 Å². The Morgan fingerprint density at radius 3 is 0.852 bits per heavy atom. The maximum atomic E-state index is 13.4. The molecular formula is C10H5F17. The molecule has 27 heavy (non-hydrogen) atoms. The average molecular weight is 448 g/mol. The van der Waals surface area contributed by atoms with E-state index in [1.54, 1.807) is 0 Å². The average Bonchev–Trinajstić information content (AvgIpc) is 2.42. The molecule has 0 aromatic carbocycles. The highest BCUT2D eigenvalue weighted by atomic mass is 19.4. The van der Waals surface area contributed by atoms with Gasteiger partial charge in [-0.2, -0.15) is 70.2 Å². The minimum Gasteiger partial charge on any atom is -0.227 e. The van der Waals surface area contributed by atoms with E-state index >= 15 is 0 Å². The van der Waals surface area contributed by atoms with Crippen LogP contribution in [-0.2, 0) is 0 Å². The molecule has 0 aliphatic rings. The summed E-state index contributed by atoms with van der Waals surface area (Å²) in [6, 6.07) is 0. The van der Waals surface area contributed by atoms with E-state index in [9.17, 15) is 74.6 Å². The van der Waals surface area contributed by atoms with Crippen LogP contribution in [0, 0.1) is 0 Å². The van der Waals surface area contributed by atoms with Crippen molar-refractivity contribution in [2.24, 2.45) is 0 Å². The molecule has 0 aliphatic carbocycles. The zero-order valence-electron chi connectivity index (χ0n) is 12.1. The summed E-state index contributed by atoms with van der Waals surface area (Å²) in [5.41, 5.74) is -6.68. The lowest BCUT2D eigenvalue weighted by Crippen LogP contribution is -2.74. The molecule has 0 aromatic heterocycles. The fourth-order valence-corrected chi connectivity index (χ4v) is 1.62. The van der Waals surface area contributed by atoms with Gasteiger partial charge in [0.2, 0.25) is 0 Å². The molecule has 0 heterocycles. The second-order valence-electron chi connectivity index (χ2n) is 5.02. The molecule has 17 heteroatoms. The first-order valence-electron chi connectivity index (χ1n) is 6.02. The summed E-state index contributed by atoms with van der Waals surface area (Å²) in [5.74, 6) is -41.2. The molecule has 0 aromatic rings. The molecule has 0 radical (unpaired) electrons. The first kappa shape index (κ1) is 25.8. The normalized spacial score (nSPS) is 18.4. The Bertz CT molecular complexity index is 537. The highest BCUT2D eigenvalue weighted by Gasteiger charge is 2.94. The van der Waals surface area contributed by atoms with Crippen LogP contribution in [0.1, 0.15) is 13.3 Å². The van der Waals surface area contributed by atoms with Crippen molar-refractivity contribution >= 4 is 0 Å². The molecule has 1 atom stereocenters. The second kappa shape index (κ2) is 6.15. The Morgan fingerprint density at radius 1 is 0.370 bits per heavy atom. The highest BCUT2D eigenvalue weighted by molar-refractivity contribution is 5.16. The van der Waals surface area contributed by atoms with Crippen LogP contribution in [0.15, 0.2) is 0 Å². The van der Waals surface area contributed by atoms with Gasteiger partial charge in [0, 0.05) is 0 Å². The summed E-state index contributed by atoms with van der Waals surface area (Å²) in [7, 11) is 0. The van der Waals surface area contributed by atoms with Gasteiger partial charge in [-0.3, -0.25) is 0 Å². The third-order valence-corrected chi connectivity index (χ3v) is 3.37. The molecule has 0 aliphatic heterocycles. The molecule has 0 bridgehead atoms. The van der Waals surface area contributed by atoms with Crippen molar-refractivity contribution in [1.29, 1.82) is 0 Å². The van der Waals surface area contributed by atoms with E-state index in [0.29, 0.717) is 0 Å². The van der Waals surface area contributed by atoms with Crippen molar-refractivity contribution in [3.8, 4) is 0 Å². The van der Waals surface area contributed by atoms with E-state index in [1.165, 1.54) is 0 Å². The minimum atomic E-state index is -8.49. The van der Waals surface area contributed by atoms with Crippen molar-refractivity contribution in [1.82, 2.24) is 0 Å². The molecule has 0 amide bonds. The van der Waals surface area contributed by atoms with Gasteiger partial charge < -0.3 is 0 Å². The van der Waals surface area contributed by atoms with Crippen molar-refractivity contribution in [2.75, 3.05) is 0 Å². The largest absolute Gasteiger partial charge is 0.460 e. The van der Waals surface area contributed by atoms with Gasteiger partial charge in [-0.1, -0.05) is 6.92 Å². The number of hydrogen-bond donors (Lipinski definition) is 0. The SMILES string of the molecule is CCC(F)(C(F)(F)F)C(F)(F)C(F)(F)C(F)(F)C(F)(F)C(F)(F)C(F)(F)F. The van der Waals surface area contributed by atoms with Gasteiger partial charge in [-0.15, -0.1) is 0 Å². The predicted octanol–water partition coefficient (Wildman–Crippen LogP) is 6.41. The highest BCUT2D eigenvalue weighted by Crippen LogP contribution is 2.64. The van der Waals surface area contributed by atoms with Crippen LogP contribution in [0.2, 0.25) is 0 Å². The first-order chi connectivity index (χ1) is 11.3. The van der Waals surface area contributed by atoms with Crippen LogP contribution >= 0.6 is 0 Å². The van der Waals surface area contributed by atoms with Crippen LogP contribution in [0.5, 0.6) is 0 Å². The maximum Gasteiger partial charge on any atom is 0.460 e. The molecule has 0 saturated heterocycles. The monoisotopic (exact) mass is 448 g/mol. The van der Waals surface area contributed by atoms with Gasteiger partial charge >= 0.3 is 42.0 Å². The molecule has 164 valence electrons. The van der Waals surface area contributed by atoms with E-state index in [1.807, 2.05) is 0 Å². The van der Waals surface area contributed by atoms with Crippen molar-refractivity contribution in [2.45, 2.75) is 61.0 Å². The lowest BCUT2D eigenvalue weighted by atomic mass is 9.83. The van der Waals surface area contributed by atoms with Gasteiger partial charge in [0.05, 0.1) is 0 Å². The van der Waals surface area contributed by atoms with E-state index in [0.717, 1.165) is 0 Å². The van der Waals surface area contributed by atoms with Crippen LogP contribution in [-0.4, -0.2) is 47.6 Å². The van der Waals surface area contributed by atoms with Gasteiger partial charge in [-0.05, 0) is 6.42 Å². The van der Waals surface area contributed by atoms with E-state index in [4.69, 9.17) is 0 Å². The van der Waals surface area contributed by atoms with Crippen molar-refractivity contribution < 1.29 is 74.6 Å². The molecule has 0 fully saturated rings. The molecule has 0 saturated carbocycles. The first-order valence-corrected chi connectivity index (χ1v) is 6.02. The Labute approximate surface area is 137 Å². The number of alkyl halides is 17. The van der Waals surface area contributed by atoms with Crippen molar-refractivity contribution in [3.63, 3.8) is 0 Å². The molecular weight excluding hydrogens is 443 g/mol. The van der Waals surface area contributed by atoms with Gasteiger partial charge in [0.15, 0.2) is 0 Å². The Balaban J connectivity index is 6.73. The zero-order valence-corrected chi connectivity index (χ0v) is 12.1. The Kier molecular flexibility index (Phi) is 5.88. The lowest BCUT2D eigenvalue weighted by molar-refractivity contribution is -0.456. The molecule has 0 spiro atoms. The smallest absolute Gasteiger partial charge is 0.227 e. The van der Waals surface area contributed by atoms with Crippen molar-refractivity contribution in [3.05, 3.63) is 0 Å². The zero-order chi connectivity index (χ0) is 22.7. The number of rotatable bonds is 6. The lowest BCUT2D eigenvalue weighted by Gasteiger charge is -2.43. The predicted molar refractivity (Wildman–Crippen MR) is 51.0 cm³/mol. The number of halogens is 17. The van der Waals surface area contributed by atoms with Crippen LogP contribution in [0.4, 0.5) is 74.6 Å². The minimum absolute atomic E-state index is 0.280. The quantitative estimate of drug-likeness (QED) is 0.413. The van der Waals surface area contributed by atoms with E-state index in [2.05, 4.69) is 0 Å². The van der Waals surface area contributed by atoms with E-state index < -0.39 is 54.1 Å². The third-order valence-electron chi connectivity index (χ3n) is 3.37. The van der Waals surface area contributed by atoms with Gasteiger partial charge in [0.25, 0.3) is 5.67 Å². The van der Waals surface area contributed by atoms with E-state index in [-0.39, 0.29) is 6.92 Å². The topological polar surface area (TPSA) is 0 Å². The molecule has 1 unspecified atom stereocenters. The summed E-state index contributed by atoms with van der Waals surface area (Å²) in [5, 5.41) is 0. The summed E-state index contributed by atoms with van der Waals surface area (Å²) in [6.07, 6.45) is -17.7. The fraction of sp³-hybridized carbons (Fsp3) is 1.00. The molecule has 0 nitrogen and oxygen atoms in total. The molecule has 0 rings (SSSR count). The van der Waals surface area contributed by atoms with Gasteiger partial charge in [-0.25, -0.2) is 4.39 Å². The van der Waals surface area contributed by atoms with Crippen LogP contribution < -0.4 is 0 Å².